The van der Waals surface area contributed by atoms with Crippen LogP contribution in [0.2, 0.25) is 0 Å². The smallest absolute Gasteiger partial charge is 0.326 e. The number of nitrogens with two attached hydrogens (primary N) is 2. The summed E-state index contributed by atoms with van der Waals surface area (Å²) in [7, 11) is 0. The molecule has 0 bridgehead atoms. The second-order valence-corrected chi connectivity index (χ2v) is 13.4. The quantitative estimate of drug-likeness (QED) is 0.0536. The maximum absolute atomic E-state index is 12.3. The van der Waals surface area contributed by atoms with Crippen LogP contribution in [0.3, 0.4) is 0 Å². The lowest BCUT2D eigenvalue weighted by Crippen LogP contribution is -2.41. The molecular formula is C38H38N14O12. The number of H-pyrrole nitrogens is 2. The molecule has 0 aliphatic rings. The number of carboxylic acid groups (broad SMARTS) is 4. The van der Waals surface area contributed by atoms with E-state index in [1.807, 2.05) is 0 Å². The number of rotatable bonds is 18. The molecule has 0 aliphatic carbocycles. The Kier molecular flexibility index (Phi) is 15.0. The zero-order valence-electron chi connectivity index (χ0n) is 33.1. The topological polar surface area (TPSA) is 427 Å². The molecule has 6 aromatic rings. The summed E-state index contributed by atoms with van der Waals surface area (Å²) in [6, 6.07) is 9.73. The largest absolute Gasteiger partial charge is 0.481 e. The number of benzene rings is 2. The molecule has 332 valence electrons. The molecule has 0 aliphatic heterocycles. The number of anilines is 4. The van der Waals surface area contributed by atoms with Crippen molar-refractivity contribution in [2.45, 2.75) is 50.9 Å². The standard InChI is InChI=1S/2C19H19N7O6/c2*20-19-25-15-14(17(30)26-19)23-11(8-22-15)7-21-10-3-1-9(2-4-10)16(29)24-12(18(31)32)5-6-13(27)28/h2*1-4,8,12,21H,5-7H2,(H,24,29)(H,27,28)(H,31,32)(H3,20,22,25,26,30)/t2*12-/m00/s1. The van der Waals surface area contributed by atoms with E-state index < -0.39 is 58.9 Å². The van der Waals surface area contributed by atoms with Gasteiger partial charge in [-0.25, -0.2) is 29.5 Å². The van der Waals surface area contributed by atoms with E-state index in [1.54, 1.807) is 24.3 Å². The monoisotopic (exact) mass is 882 g/mol. The molecule has 14 N–H and O–H groups in total. The van der Waals surface area contributed by atoms with Crippen molar-refractivity contribution in [3.63, 3.8) is 0 Å². The highest BCUT2D eigenvalue weighted by Crippen LogP contribution is 2.14. The Morgan fingerprint density at radius 3 is 1.25 bits per heavy atom. The summed E-state index contributed by atoms with van der Waals surface area (Å²) in [6.07, 6.45) is 1.72. The van der Waals surface area contributed by atoms with Gasteiger partial charge < -0.3 is 63.1 Å². The van der Waals surface area contributed by atoms with Crippen molar-refractivity contribution in [2.75, 3.05) is 22.1 Å². The lowest BCUT2D eigenvalue weighted by atomic mass is 10.1. The van der Waals surface area contributed by atoms with E-state index >= 15 is 0 Å². The van der Waals surface area contributed by atoms with Gasteiger partial charge in [-0.05, 0) is 61.4 Å². The van der Waals surface area contributed by atoms with E-state index in [4.69, 9.17) is 31.9 Å². The Morgan fingerprint density at radius 1 is 0.562 bits per heavy atom. The molecule has 2 atom stereocenters. The number of hydrogen-bond acceptors (Lipinski definition) is 18. The fourth-order valence-corrected chi connectivity index (χ4v) is 5.52. The highest BCUT2D eigenvalue weighted by molar-refractivity contribution is 5.97. The van der Waals surface area contributed by atoms with Crippen molar-refractivity contribution in [1.82, 2.24) is 50.5 Å². The maximum Gasteiger partial charge on any atom is 0.326 e. The first kappa shape index (κ1) is 46.0. The highest BCUT2D eigenvalue weighted by atomic mass is 16.4. The van der Waals surface area contributed by atoms with E-state index in [9.17, 15) is 38.4 Å². The average molecular weight is 883 g/mol. The van der Waals surface area contributed by atoms with Gasteiger partial charge in [0.15, 0.2) is 22.3 Å². The Morgan fingerprint density at radius 2 is 0.922 bits per heavy atom. The number of amides is 2. The molecule has 0 fully saturated rings. The number of hydrogen-bond donors (Lipinski definition) is 12. The minimum absolute atomic E-state index is 0.0524. The van der Waals surface area contributed by atoms with E-state index in [1.165, 1.54) is 36.7 Å². The van der Waals surface area contributed by atoms with Crippen molar-refractivity contribution >= 4 is 81.3 Å². The number of nitrogens with zero attached hydrogens (tertiary/aromatic N) is 6. The van der Waals surface area contributed by atoms with Crippen LogP contribution < -0.4 is 43.9 Å². The molecule has 4 aromatic heterocycles. The normalized spacial score (nSPS) is 11.6. The first-order valence-corrected chi connectivity index (χ1v) is 18.7. The fourth-order valence-electron chi connectivity index (χ4n) is 5.52. The van der Waals surface area contributed by atoms with Gasteiger partial charge in [-0.2, -0.15) is 9.97 Å². The lowest BCUT2D eigenvalue weighted by molar-refractivity contribution is -0.142. The minimum Gasteiger partial charge on any atom is -0.481 e. The fraction of sp³-hybridized carbons (Fsp3) is 0.211. The zero-order chi connectivity index (χ0) is 46.5. The van der Waals surface area contributed by atoms with Crippen LogP contribution in [0.5, 0.6) is 0 Å². The summed E-state index contributed by atoms with van der Waals surface area (Å²) >= 11 is 0. The van der Waals surface area contributed by atoms with Crippen LogP contribution in [-0.4, -0.2) is 108 Å². The van der Waals surface area contributed by atoms with E-state index in [0.717, 1.165) is 0 Å². The third-order valence-corrected chi connectivity index (χ3v) is 8.73. The molecule has 0 radical (unpaired) electrons. The molecule has 64 heavy (non-hydrogen) atoms. The number of fused-ring (bicyclic) bond motifs is 2. The van der Waals surface area contributed by atoms with Gasteiger partial charge in [0.1, 0.15) is 12.1 Å². The number of aliphatic carboxylic acids is 4. The molecule has 0 saturated carbocycles. The Hall–Kier alpha value is -9.10. The SMILES string of the molecule is Nc1nc(=O)c2nc(CNc3ccc(C(=O)N[C@@H](CCC(=O)O)C(=O)O)cc3)cnc2[nH]1.Nc1nc(=O)c2nc(CNc3ccc(C(=O)N[C@@H](CCC(=O)O)C(=O)O)cc3)cnc2[nH]1. The van der Waals surface area contributed by atoms with Gasteiger partial charge in [0, 0.05) is 35.3 Å². The maximum atomic E-state index is 12.3. The van der Waals surface area contributed by atoms with Crippen LogP contribution in [-0.2, 0) is 32.3 Å². The summed E-state index contributed by atoms with van der Waals surface area (Å²) < 4.78 is 0. The van der Waals surface area contributed by atoms with Crippen molar-refractivity contribution in [1.29, 1.82) is 0 Å². The van der Waals surface area contributed by atoms with Crippen LogP contribution in [0.1, 0.15) is 57.8 Å². The number of aromatic nitrogens is 8. The van der Waals surface area contributed by atoms with Crippen LogP contribution in [0.25, 0.3) is 22.3 Å². The summed E-state index contributed by atoms with van der Waals surface area (Å²) in [6.45, 7) is 0.461. The van der Waals surface area contributed by atoms with Gasteiger partial charge in [-0.3, -0.25) is 28.8 Å². The molecule has 0 saturated heterocycles. The van der Waals surface area contributed by atoms with Crippen molar-refractivity contribution in [3.05, 3.63) is 104 Å². The summed E-state index contributed by atoms with van der Waals surface area (Å²) in [5.74, 6) is -6.31. The Labute approximate surface area is 357 Å². The Bertz CT molecular complexity index is 2640. The van der Waals surface area contributed by atoms with Gasteiger partial charge in [-0.1, -0.05) is 0 Å². The third kappa shape index (κ3) is 12.9. The van der Waals surface area contributed by atoms with Crippen molar-refractivity contribution in [2.24, 2.45) is 0 Å². The number of nitrogen functional groups attached to an aromatic ring is 2. The molecule has 0 unspecified atom stereocenters. The molecule has 26 heteroatoms. The van der Waals surface area contributed by atoms with Gasteiger partial charge in [0.25, 0.3) is 11.8 Å². The number of nitrogens with one attached hydrogen (secondary N) is 6. The molecule has 2 amide bonds. The van der Waals surface area contributed by atoms with Crippen molar-refractivity contribution < 1.29 is 49.2 Å². The molecule has 2 aromatic carbocycles. The van der Waals surface area contributed by atoms with Crippen LogP contribution in [0.4, 0.5) is 23.3 Å². The van der Waals surface area contributed by atoms with Crippen LogP contribution >= 0.6 is 0 Å². The first-order valence-electron chi connectivity index (χ1n) is 18.7. The van der Waals surface area contributed by atoms with E-state index in [2.05, 4.69) is 61.1 Å². The second kappa shape index (κ2) is 20.9. The minimum atomic E-state index is -1.31. The lowest BCUT2D eigenvalue weighted by Gasteiger charge is -2.14. The molecular weight excluding hydrogens is 845 g/mol. The predicted octanol–water partition coefficient (Wildman–Crippen LogP) is -0.0896. The number of carbonyl (C=O) groups excluding carboxylic acids is 2. The van der Waals surface area contributed by atoms with Crippen LogP contribution in [0, 0.1) is 0 Å². The number of carboxylic acids is 4. The van der Waals surface area contributed by atoms with Crippen LogP contribution in [0.15, 0.2) is 70.5 Å². The van der Waals surface area contributed by atoms with E-state index in [-0.39, 0.29) is 84.1 Å². The van der Waals surface area contributed by atoms with Gasteiger partial charge in [0.05, 0.1) is 36.9 Å². The number of carbonyl (C=O) groups is 6. The summed E-state index contributed by atoms with van der Waals surface area (Å²) in [4.78, 5) is 121. The third-order valence-electron chi connectivity index (χ3n) is 8.73. The molecule has 6 rings (SSSR count). The second-order valence-electron chi connectivity index (χ2n) is 13.4. The highest BCUT2D eigenvalue weighted by Gasteiger charge is 2.23. The van der Waals surface area contributed by atoms with Crippen molar-refractivity contribution in [3.8, 4) is 0 Å². The predicted molar refractivity (Wildman–Crippen MR) is 224 cm³/mol. The first-order chi connectivity index (χ1) is 30.4. The Balaban J connectivity index is 0.000000241. The number of aromatic amines is 2. The molecule has 0 spiro atoms. The molecule has 4 heterocycles. The van der Waals surface area contributed by atoms with Gasteiger partial charge in [-0.15, -0.1) is 0 Å². The average Bonchev–Trinajstić information content (AvgIpc) is 3.25. The van der Waals surface area contributed by atoms with Gasteiger partial charge in [0.2, 0.25) is 11.9 Å². The summed E-state index contributed by atoms with van der Waals surface area (Å²) in [5, 5.41) is 46.4. The molecule has 26 nitrogen and oxygen atoms in total. The zero-order valence-corrected chi connectivity index (χ0v) is 33.1. The van der Waals surface area contributed by atoms with E-state index in [0.29, 0.717) is 22.8 Å². The van der Waals surface area contributed by atoms with Gasteiger partial charge >= 0.3 is 35.0 Å². The summed E-state index contributed by atoms with van der Waals surface area (Å²) in [5.41, 5.74) is 12.9.